The first kappa shape index (κ1) is 25.1. The van der Waals surface area contributed by atoms with E-state index in [9.17, 15) is 25.2 Å². The van der Waals surface area contributed by atoms with Crippen molar-refractivity contribution in [3.8, 4) is 0 Å². The molecule has 8 N–H and O–H groups in total. The van der Waals surface area contributed by atoms with E-state index in [2.05, 4.69) is 11.1 Å². The molecule has 0 aliphatic carbocycles. The van der Waals surface area contributed by atoms with Gasteiger partial charge in [0.2, 0.25) is 12.2 Å². The minimum atomic E-state index is -1.29. The van der Waals surface area contributed by atoms with Crippen LogP contribution >= 0.6 is 0 Å². The highest BCUT2D eigenvalue weighted by Crippen LogP contribution is 2.30. The number of carbonyl (C=O) groups is 1. The molecule has 0 aromatic heterocycles. The summed E-state index contributed by atoms with van der Waals surface area (Å²) in [5, 5.41) is 42.7. The highest BCUT2D eigenvalue weighted by molar-refractivity contribution is 5.73. The van der Waals surface area contributed by atoms with E-state index >= 15 is 0 Å². The van der Waals surface area contributed by atoms with E-state index in [1.807, 2.05) is 0 Å². The zero-order valence-corrected chi connectivity index (χ0v) is 16.7. The lowest BCUT2D eigenvalue weighted by Crippen LogP contribution is -2.77. The Morgan fingerprint density at radius 2 is 1.68 bits per heavy atom. The predicted molar refractivity (Wildman–Crippen MR) is 95.2 cm³/mol. The molecule has 2 rings (SSSR count). The van der Waals surface area contributed by atoms with E-state index in [0.29, 0.717) is 0 Å². The van der Waals surface area contributed by atoms with Crippen LogP contribution in [-0.2, 0) is 23.7 Å². The summed E-state index contributed by atoms with van der Waals surface area (Å²) in [5.74, 6) is -0.761. The summed E-state index contributed by atoms with van der Waals surface area (Å²) in [6, 6.07) is -1.64. The molecule has 10 atom stereocenters. The maximum absolute atomic E-state index is 11.5. The fraction of sp³-hybridized carbons (Fsp3) is 0.882. The lowest BCUT2D eigenvalue weighted by molar-refractivity contribution is -0.504. The van der Waals surface area contributed by atoms with E-state index in [0.717, 1.165) is 0 Å². The van der Waals surface area contributed by atoms with Gasteiger partial charge in [-0.15, -0.1) is 0 Å². The highest BCUT2D eigenvalue weighted by Gasteiger charge is 2.51. The van der Waals surface area contributed by atoms with Crippen molar-refractivity contribution in [2.45, 2.75) is 69.0 Å². The molecule has 166 valence electrons. The van der Waals surface area contributed by atoms with E-state index in [-0.39, 0.29) is 20.0 Å². The van der Waals surface area contributed by atoms with Crippen molar-refractivity contribution >= 4 is 5.91 Å². The van der Waals surface area contributed by atoms with Gasteiger partial charge in [0.1, 0.15) is 30.5 Å². The van der Waals surface area contributed by atoms with Gasteiger partial charge in [0.05, 0.1) is 19.3 Å². The number of rotatable bonds is 6. The molecule has 28 heavy (non-hydrogen) atoms. The van der Waals surface area contributed by atoms with Crippen LogP contribution in [0.4, 0.5) is 0 Å². The summed E-state index contributed by atoms with van der Waals surface area (Å²) in [5.41, 5.74) is 3.86. The number of methoxy groups -OCH3 is 1. The summed E-state index contributed by atoms with van der Waals surface area (Å²) < 4.78 is 22.3. The summed E-state index contributed by atoms with van der Waals surface area (Å²) in [6.45, 7) is 2.21. The standard InChI is InChI=1S/C16H30N2O9.CH3/c1-6-8(4-19)25-15(10(17)12(6)22)27-14-9(5-20)26-16(24-3)11(13(14)23)18-7(2)21;/h6,8-16,19-20,22-23H,4-5,17H2,1-3H3,(H,18,21);1H3/q;-1/p+1. The van der Waals surface area contributed by atoms with Crippen LogP contribution in [-0.4, -0.2) is 102 Å². The number of ether oxygens (including phenoxy) is 4. The second-order valence-electron chi connectivity index (χ2n) is 7.02. The van der Waals surface area contributed by atoms with Gasteiger partial charge < -0.3 is 57.9 Å². The van der Waals surface area contributed by atoms with Crippen LogP contribution < -0.4 is 11.1 Å². The van der Waals surface area contributed by atoms with E-state index < -0.39 is 67.7 Å². The van der Waals surface area contributed by atoms with Crippen molar-refractivity contribution in [1.82, 2.24) is 5.32 Å². The third-order valence-electron chi connectivity index (χ3n) is 5.15. The Balaban J connectivity index is 0.00000392. The highest BCUT2D eigenvalue weighted by atomic mass is 16.7. The minimum absolute atomic E-state index is 0. The number of aliphatic hydroxyl groups is 4. The fourth-order valence-corrected chi connectivity index (χ4v) is 3.49. The molecular formula is C17H34N2O9. The molecule has 2 saturated heterocycles. The Bertz CT molecular complexity index is 495. The van der Waals surface area contributed by atoms with Crippen LogP contribution in [0.2, 0.25) is 0 Å². The molecule has 1 amide bonds. The molecule has 0 spiro atoms. The van der Waals surface area contributed by atoms with Gasteiger partial charge in [-0.2, -0.15) is 0 Å². The molecular weight excluding hydrogens is 376 g/mol. The summed E-state index contributed by atoms with van der Waals surface area (Å²) in [4.78, 5) is 11.5. The minimum Gasteiger partial charge on any atom is -0.394 e. The first-order valence-corrected chi connectivity index (χ1v) is 8.92. The lowest BCUT2D eigenvalue weighted by Gasteiger charge is -2.46. The Kier molecular flexibility index (Phi) is 9.67. The molecule has 0 radical (unpaired) electrons. The molecule has 0 bridgehead atoms. The topological polar surface area (TPSA) is 175 Å². The Morgan fingerprint density at radius 3 is 2.18 bits per heavy atom. The average molecular weight is 410 g/mol. The molecule has 2 aliphatic rings. The van der Waals surface area contributed by atoms with Crippen molar-refractivity contribution < 1.29 is 49.9 Å². The number of quaternary nitrogens is 1. The first-order chi connectivity index (χ1) is 12.7. The predicted octanol–water partition coefficient (Wildman–Crippen LogP) is -3.62. The first-order valence-electron chi connectivity index (χ1n) is 8.92. The molecule has 2 fully saturated rings. The quantitative estimate of drug-likeness (QED) is 0.241. The van der Waals surface area contributed by atoms with Crippen LogP contribution in [0.25, 0.3) is 0 Å². The normalized spacial score (nSPS) is 43.9. The van der Waals surface area contributed by atoms with Crippen molar-refractivity contribution in [1.29, 1.82) is 0 Å². The lowest BCUT2D eigenvalue weighted by atomic mass is 9.89. The second kappa shape index (κ2) is 10.8. The smallest absolute Gasteiger partial charge is 0.217 e. The number of amides is 1. The summed E-state index contributed by atoms with van der Waals surface area (Å²) >= 11 is 0. The van der Waals surface area contributed by atoms with Gasteiger partial charge in [0, 0.05) is 20.0 Å². The third kappa shape index (κ3) is 5.17. The fourth-order valence-electron chi connectivity index (χ4n) is 3.49. The molecule has 2 aliphatic heterocycles. The van der Waals surface area contributed by atoms with Crippen LogP contribution in [0.1, 0.15) is 13.8 Å². The molecule has 10 unspecified atom stereocenters. The third-order valence-corrected chi connectivity index (χ3v) is 5.15. The number of nitrogens with one attached hydrogen (secondary N) is 1. The Hall–Kier alpha value is -0.890. The van der Waals surface area contributed by atoms with E-state index in [1.54, 1.807) is 6.92 Å². The molecule has 11 heteroatoms. The summed E-state index contributed by atoms with van der Waals surface area (Å²) in [7, 11) is 1.35. The van der Waals surface area contributed by atoms with Crippen molar-refractivity contribution in [2.24, 2.45) is 5.92 Å². The largest absolute Gasteiger partial charge is 0.394 e. The Morgan fingerprint density at radius 1 is 1.11 bits per heavy atom. The van der Waals surface area contributed by atoms with Crippen LogP contribution in [0.5, 0.6) is 0 Å². The Labute approximate surface area is 164 Å². The number of carbonyl (C=O) groups excluding carboxylic acids is 1. The maximum Gasteiger partial charge on any atom is 0.217 e. The monoisotopic (exact) mass is 410 g/mol. The van der Waals surface area contributed by atoms with Crippen LogP contribution in [0, 0.1) is 13.3 Å². The van der Waals surface area contributed by atoms with E-state index in [4.69, 9.17) is 18.9 Å². The SMILES string of the molecule is COC1OC(CO)C(OC2OC(CO)C(C)C(O)C2[NH3+])C(O)C1NC(C)=O.[CH3-]. The van der Waals surface area contributed by atoms with Gasteiger partial charge in [-0.1, -0.05) is 6.92 Å². The number of hydrogen-bond acceptors (Lipinski definition) is 9. The second-order valence-corrected chi connectivity index (χ2v) is 7.02. The van der Waals surface area contributed by atoms with Crippen LogP contribution in [0.15, 0.2) is 0 Å². The van der Waals surface area contributed by atoms with Crippen molar-refractivity contribution in [3.63, 3.8) is 0 Å². The van der Waals surface area contributed by atoms with Crippen molar-refractivity contribution in [2.75, 3.05) is 20.3 Å². The molecule has 0 aromatic carbocycles. The van der Waals surface area contributed by atoms with Gasteiger partial charge >= 0.3 is 0 Å². The van der Waals surface area contributed by atoms with Gasteiger partial charge in [-0.25, -0.2) is 0 Å². The molecule has 11 nitrogen and oxygen atoms in total. The average Bonchev–Trinajstić information content (AvgIpc) is 2.64. The number of aliphatic hydroxyl groups excluding tert-OH is 4. The zero-order valence-electron chi connectivity index (χ0n) is 16.7. The zero-order chi connectivity index (χ0) is 20.3. The molecule has 0 aromatic rings. The molecule has 2 heterocycles. The van der Waals surface area contributed by atoms with Gasteiger partial charge in [-0.3, -0.25) is 4.79 Å². The maximum atomic E-state index is 11.5. The molecule has 0 saturated carbocycles. The van der Waals surface area contributed by atoms with E-state index in [1.165, 1.54) is 14.0 Å². The number of hydrogen-bond donors (Lipinski definition) is 6. The van der Waals surface area contributed by atoms with Gasteiger partial charge in [0.15, 0.2) is 12.3 Å². The van der Waals surface area contributed by atoms with Gasteiger partial charge in [-0.05, 0) is 0 Å². The van der Waals surface area contributed by atoms with Crippen LogP contribution in [0.3, 0.4) is 0 Å². The summed E-state index contributed by atoms with van der Waals surface area (Å²) in [6.07, 6.45) is -6.95. The van der Waals surface area contributed by atoms with Gasteiger partial charge in [0.25, 0.3) is 0 Å². The van der Waals surface area contributed by atoms with Crippen molar-refractivity contribution in [3.05, 3.63) is 7.43 Å².